The van der Waals surface area contributed by atoms with E-state index in [1.54, 1.807) is 24.3 Å². The van der Waals surface area contributed by atoms with E-state index in [1.165, 1.54) is 25.3 Å². The SMILES string of the molecule is COc1ccc(-c2nc(-c3ccccc3)nc(-c3ccc([N+](=O)[O-])cc3)n2)c(O)c1. The van der Waals surface area contributed by atoms with E-state index in [-0.39, 0.29) is 17.3 Å². The number of nitro benzene ring substituents is 1. The van der Waals surface area contributed by atoms with Crippen molar-refractivity contribution >= 4 is 5.69 Å². The van der Waals surface area contributed by atoms with Crippen LogP contribution in [0.3, 0.4) is 0 Å². The van der Waals surface area contributed by atoms with Crippen molar-refractivity contribution < 1.29 is 14.8 Å². The zero-order chi connectivity index (χ0) is 21.1. The van der Waals surface area contributed by atoms with E-state index >= 15 is 0 Å². The summed E-state index contributed by atoms with van der Waals surface area (Å²) in [7, 11) is 1.51. The number of ether oxygens (including phenoxy) is 1. The Morgan fingerprint density at radius 3 is 2.00 bits per heavy atom. The van der Waals surface area contributed by atoms with Gasteiger partial charge in [0.15, 0.2) is 17.5 Å². The van der Waals surface area contributed by atoms with E-state index in [9.17, 15) is 15.2 Å². The predicted octanol–water partition coefficient (Wildman–Crippen LogP) is 4.50. The van der Waals surface area contributed by atoms with Crippen molar-refractivity contribution in [2.45, 2.75) is 0 Å². The second-order valence-electron chi connectivity index (χ2n) is 6.36. The van der Waals surface area contributed by atoms with Gasteiger partial charge in [0.1, 0.15) is 11.5 Å². The normalized spacial score (nSPS) is 10.6. The first-order valence-corrected chi connectivity index (χ1v) is 8.99. The lowest BCUT2D eigenvalue weighted by Gasteiger charge is -2.10. The summed E-state index contributed by atoms with van der Waals surface area (Å²) >= 11 is 0. The maximum Gasteiger partial charge on any atom is 0.269 e. The number of hydrogen-bond acceptors (Lipinski definition) is 7. The fourth-order valence-corrected chi connectivity index (χ4v) is 2.90. The molecule has 0 atom stereocenters. The Bertz CT molecular complexity index is 1210. The zero-order valence-electron chi connectivity index (χ0n) is 15.9. The molecular weight excluding hydrogens is 384 g/mol. The van der Waals surface area contributed by atoms with Gasteiger partial charge in [0.05, 0.1) is 17.6 Å². The number of nitrogens with zero attached hydrogens (tertiary/aromatic N) is 4. The molecule has 148 valence electrons. The molecule has 4 rings (SSSR count). The number of rotatable bonds is 5. The van der Waals surface area contributed by atoms with E-state index < -0.39 is 4.92 Å². The molecule has 0 aliphatic carbocycles. The average molecular weight is 400 g/mol. The van der Waals surface area contributed by atoms with Crippen molar-refractivity contribution in [3.05, 3.63) is 82.9 Å². The molecule has 1 N–H and O–H groups in total. The van der Waals surface area contributed by atoms with Gasteiger partial charge < -0.3 is 9.84 Å². The molecule has 8 nitrogen and oxygen atoms in total. The molecule has 0 saturated carbocycles. The third-order valence-corrected chi connectivity index (χ3v) is 4.45. The number of phenolic OH excluding ortho intramolecular Hbond substituents is 1. The highest BCUT2D eigenvalue weighted by atomic mass is 16.6. The fourth-order valence-electron chi connectivity index (χ4n) is 2.90. The lowest BCUT2D eigenvalue weighted by Crippen LogP contribution is -2.00. The zero-order valence-corrected chi connectivity index (χ0v) is 15.9. The smallest absolute Gasteiger partial charge is 0.269 e. The second-order valence-corrected chi connectivity index (χ2v) is 6.36. The number of methoxy groups -OCH3 is 1. The minimum atomic E-state index is -0.465. The summed E-state index contributed by atoms with van der Waals surface area (Å²) in [6, 6.07) is 20.2. The van der Waals surface area contributed by atoms with Crippen LogP contribution in [-0.2, 0) is 0 Å². The highest BCUT2D eigenvalue weighted by Crippen LogP contribution is 2.32. The monoisotopic (exact) mass is 400 g/mol. The van der Waals surface area contributed by atoms with Gasteiger partial charge >= 0.3 is 0 Å². The molecular formula is C22H16N4O4. The van der Waals surface area contributed by atoms with Gasteiger partial charge in [0, 0.05) is 29.3 Å². The second kappa shape index (κ2) is 7.96. The standard InChI is InChI=1S/C22H16N4O4/c1-30-17-11-12-18(19(27)13-17)22-24-20(14-5-3-2-4-6-14)23-21(25-22)15-7-9-16(10-8-15)26(28)29/h2-13,27H,1H3. The minimum absolute atomic E-state index is 0.0240. The first-order valence-electron chi connectivity index (χ1n) is 8.99. The third-order valence-electron chi connectivity index (χ3n) is 4.45. The average Bonchev–Trinajstić information content (AvgIpc) is 2.79. The van der Waals surface area contributed by atoms with Crippen molar-refractivity contribution in [3.63, 3.8) is 0 Å². The Morgan fingerprint density at radius 2 is 1.43 bits per heavy atom. The molecule has 0 aliphatic rings. The summed E-state index contributed by atoms with van der Waals surface area (Å²) < 4.78 is 5.13. The lowest BCUT2D eigenvalue weighted by atomic mass is 10.1. The first-order chi connectivity index (χ1) is 14.5. The maximum atomic E-state index is 10.9. The Balaban J connectivity index is 1.88. The Labute approximate surface area is 171 Å². The van der Waals surface area contributed by atoms with Crippen molar-refractivity contribution in [1.29, 1.82) is 0 Å². The van der Waals surface area contributed by atoms with Crippen molar-refractivity contribution in [3.8, 4) is 45.7 Å². The van der Waals surface area contributed by atoms with E-state index in [0.29, 0.717) is 28.5 Å². The summed E-state index contributed by atoms with van der Waals surface area (Å²) in [5.41, 5.74) is 1.76. The van der Waals surface area contributed by atoms with Crippen LogP contribution in [0.1, 0.15) is 0 Å². The van der Waals surface area contributed by atoms with Gasteiger partial charge in [-0.15, -0.1) is 0 Å². The molecule has 0 bridgehead atoms. The summed E-state index contributed by atoms with van der Waals surface area (Å²) in [5.74, 6) is 1.50. The topological polar surface area (TPSA) is 111 Å². The van der Waals surface area contributed by atoms with E-state index in [2.05, 4.69) is 15.0 Å². The molecule has 8 heteroatoms. The van der Waals surface area contributed by atoms with E-state index in [1.807, 2.05) is 30.3 Å². The molecule has 0 spiro atoms. The van der Waals surface area contributed by atoms with Gasteiger partial charge in [-0.25, -0.2) is 15.0 Å². The van der Waals surface area contributed by atoms with E-state index in [4.69, 9.17) is 4.74 Å². The molecule has 0 amide bonds. The first kappa shape index (κ1) is 19.0. The van der Waals surface area contributed by atoms with Crippen LogP contribution in [0.15, 0.2) is 72.8 Å². The van der Waals surface area contributed by atoms with Gasteiger partial charge in [0.2, 0.25) is 0 Å². The number of phenols is 1. The van der Waals surface area contributed by atoms with Crippen LogP contribution < -0.4 is 4.74 Å². The van der Waals surface area contributed by atoms with Crippen molar-refractivity contribution in [1.82, 2.24) is 15.0 Å². The fraction of sp³-hybridized carbons (Fsp3) is 0.0455. The molecule has 0 fully saturated rings. The summed E-state index contributed by atoms with van der Waals surface area (Å²) in [6.45, 7) is 0. The van der Waals surface area contributed by atoms with Gasteiger partial charge in [-0.2, -0.15) is 0 Å². The molecule has 0 aliphatic heterocycles. The quantitative estimate of drug-likeness (QED) is 0.388. The van der Waals surface area contributed by atoms with Gasteiger partial charge in [-0.1, -0.05) is 30.3 Å². The molecule has 4 aromatic rings. The third kappa shape index (κ3) is 3.79. The highest BCUT2D eigenvalue weighted by molar-refractivity contribution is 5.70. The van der Waals surface area contributed by atoms with Crippen LogP contribution in [0.2, 0.25) is 0 Å². The van der Waals surface area contributed by atoms with E-state index in [0.717, 1.165) is 5.56 Å². The van der Waals surface area contributed by atoms with Crippen LogP contribution >= 0.6 is 0 Å². The molecule has 1 heterocycles. The summed E-state index contributed by atoms with van der Waals surface area (Å²) in [6.07, 6.45) is 0. The molecule has 30 heavy (non-hydrogen) atoms. The Morgan fingerprint density at radius 1 is 0.833 bits per heavy atom. The maximum absolute atomic E-state index is 10.9. The summed E-state index contributed by atoms with van der Waals surface area (Å²) in [5, 5.41) is 21.4. The summed E-state index contributed by atoms with van der Waals surface area (Å²) in [4.78, 5) is 24.0. The number of aromatic hydroxyl groups is 1. The van der Waals surface area contributed by atoms with Crippen LogP contribution in [0.5, 0.6) is 11.5 Å². The molecule has 0 unspecified atom stereocenters. The van der Waals surface area contributed by atoms with Crippen LogP contribution in [0.25, 0.3) is 34.2 Å². The van der Waals surface area contributed by atoms with Gasteiger partial charge in [-0.05, 0) is 24.3 Å². The number of hydrogen-bond donors (Lipinski definition) is 1. The highest BCUT2D eigenvalue weighted by Gasteiger charge is 2.16. The Kier molecular flexibility index (Phi) is 5.04. The van der Waals surface area contributed by atoms with Gasteiger partial charge in [-0.3, -0.25) is 10.1 Å². The Hall–Kier alpha value is -4.33. The number of non-ortho nitro benzene ring substituents is 1. The number of nitro groups is 1. The molecule has 3 aromatic carbocycles. The number of benzene rings is 3. The minimum Gasteiger partial charge on any atom is -0.507 e. The molecule has 0 radical (unpaired) electrons. The van der Waals surface area contributed by atoms with Crippen LogP contribution in [0, 0.1) is 10.1 Å². The van der Waals surface area contributed by atoms with Gasteiger partial charge in [0.25, 0.3) is 5.69 Å². The number of aromatic nitrogens is 3. The molecule has 1 aromatic heterocycles. The molecule has 0 saturated heterocycles. The predicted molar refractivity (Wildman–Crippen MR) is 111 cm³/mol. The van der Waals surface area contributed by atoms with Crippen molar-refractivity contribution in [2.24, 2.45) is 0 Å². The largest absolute Gasteiger partial charge is 0.507 e. The van der Waals surface area contributed by atoms with Crippen molar-refractivity contribution in [2.75, 3.05) is 7.11 Å². The van der Waals surface area contributed by atoms with Crippen LogP contribution in [0.4, 0.5) is 5.69 Å². The van der Waals surface area contributed by atoms with Crippen LogP contribution in [-0.4, -0.2) is 32.1 Å². The lowest BCUT2D eigenvalue weighted by molar-refractivity contribution is -0.384.